The molecule has 2 aromatic rings. The zero-order chi connectivity index (χ0) is 14.0. The SMILES string of the molecule is C/C(=C\C(=O)O)c1ccc(-c2ccc(C)c(C)c2)s1. The van der Waals surface area contributed by atoms with E-state index in [1.54, 1.807) is 11.3 Å². The lowest BCUT2D eigenvalue weighted by atomic mass is 10.1. The summed E-state index contributed by atoms with van der Waals surface area (Å²) in [5.74, 6) is -0.904. The lowest BCUT2D eigenvalue weighted by molar-refractivity contribution is -0.131. The summed E-state index contributed by atoms with van der Waals surface area (Å²) in [4.78, 5) is 12.8. The van der Waals surface area contributed by atoms with Crippen LogP contribution >= 0.6 is 11.3 Å². The number of hydrogen-bond donors (Lipinski definition) is 1. The van der Waals surface area contributed by atoms with Gasteiger partial charge in [-0.05, 0) is 55.2 Å². The van der Waals surface area contributed by atoms with Crippen molar-refractivity contribution in [2.45, 2.75) is 20.8 Å². The van der Waals surface area contributed by atoms with E-state index in [0.717, 1.165) is 15.3 Å². The Kier molecular flexibility index (Phi) is 3.86. The van der Waals surface area contributed by atoms with Gasteiger partial charge in [-0.1, -0.05) is 18.2 Å². The summed E-state index contributed by atoms with van der Waals surface area (Å²) in [6.07, 6.45) is 1.25. The van der Waals surface area contributed by atoms with E-state index in [2.05, 4.69) is 32.0 Å². The molecule has 1 aromatic heterocycles. The van der Waals surface area contributed by atoms with Crippen molar-refractivity contribution < 1.29 is 9.90 Å². The molecule has 0 saturated heterocycles. The molecule has 98 valence electrons. The maximum atomic E-state index is 10.7. The minimum atomic E-state index is -0.904. The quantitative estimate of drug-likeness (QED) is 0.834. The van der Waals surface area contributed by atoms with Crippen LogP contribution in [0.3, 0.4) is 0 Å². The Morgan fingerprint density at radius 2 is 1.89 bits per heavy atom. The third kappa shape index (κ3) is 3.12. The third-order valence-corrected chi connectivity index (χ3v) is 4.40. The summed E-state index contributed by atoms with van der Waals surface area (Å²) >= 11 is 1.62. The number of aliphatic carboxylic acids is 1. The van der Waals surface area contributed by atoms with Gasteiger partial charge in [0.2, 0.25) is 0 Å². The molecule has 0 radical (unpaired) electrons. The zero-order valence-corrected chi connectivity index (χ0v) is 12.0. The number of carbonyl (C=O) groups is 1. The molecule has 0 bridgehead atoms. The Hall–Kier alpha value is -1.87. The average Bonchev–Trinajstić information content (AvgIpc) is 2.81. The summed E-state index contributed by atoms with van der Waals surface area (Å²) in [7, 11) is 0. The van der Waals surface area contributed by atoms with Crippen molar-refractivity contribution in [3.63, 3.8) is 0 Å². The van der Waals surface area contributed by atoms with Crippen molar-refractivity contribution in [1.82, 2.24) is 0 Å². The first kappa shape index (κ1) is 13.6. The highest BCUT2D eigenvalue weighted by Crippen LogP contribution is 2.32. The van der Waals surface area contributed by atoms with E-state index in [4.69, 9.17) is 5.11 Å². The van der Waals surface area contributed by atoms with Crippen molar-refractivity contribution in [1.29, 1.82) is 0 Å². The molecule has 0 aliphatic carbocycles. The Balaban J connectivity index is 2.35. The zero-order valence-electron chi connectivity index (χ0n) is 11.2. The molecule has 3 heteroatoms. The Bertz CT molecular complexity index is 651. The van der Waals surface area contributed by atoms with Crippen molar-refractivity contribution in [2.75, 3.05) is 0 Å². The van der Waals surface area contributed by atoms with Crippen molar-refractivity contribution >= 4 is 22.9 Å². The van der Waals surface area contributed by atoms with Gasteiger partial charge < -0.3 is 5.11 Å². The van der Waals surface area contributed by atoms with E-state index in [0.29, 0.717) is 0 Å². The molecular weight excluding hydrogens is 256 g/mol. The minimum Gasteiger partial charge on any atom is -0.478 e. The summed E-state index contributed by atoms with van der Waals surface area (Å²) in [5.41, 5.74) is 4.52. The summed E-state index contributed by atoms with van der Waals surface area (Å²) < 4.78 is 0. The van der Waals surface area contributed by atoms with Crippen LogP contribution in [0.4, 0.5) is 0 Å². The highest BCUT2D eigenvalue weighted by Gasteiger charge is 2.06. The maximum absolute atomic E-state index is 10.7. The van der Waals surface area contributed by atoms with Gasteiger partial charge in [-0.25, -0.2) is 4.79 Å². The number of rotatable bonds is 3. The maximum Gasteiger partial charge on any atom is 0.328 e. The molecule has 19 heavy (non-hydrogen) atoms. The normalized spacial score (nSPS) is 11.6. The molecule has 1 heterocycles. The smallest absolute Gasteiger partial charge is 0.328 e. The van der Waals surface area contributed by atoms with Crippen LogP contribution in [0, 0.1) is 13.8 Å². The first-order valence-electron chi connectivity index (χ1n) is 6.06. The predicted molar refractivity (Wildman–Crippen MR) is 80.5 cm³/mol. The summed E-state index contributed by atoms with van der Waals surface area (Å²) in [6, 6.07) is 10.4. The van der Waals surface area contributed by atoms with Crippen molar-refractivity contribution in [3.05, 3.63) is 52.4 Å². The highest BCUT2D eigenvalue weighted by atomic mass is 32.1. The topological polar surface area (TPSA) is 37.3 Å². The molecule has 2 rings (SSSR count). The van der Waals surface area contributed by atoms with E-state index in [1.807, 2.05) is 19.1 Å². The van der Waals surface area contributed by atoms with Crippen LogP contribution in [0.5, 0.6) is 0 Å². The van der Waals surface area contributed by atoms with Gasteiger partial charge in [0.25, 0.3) is 0 Å². The number of carboxylic acids is 1. The van der Waals surface area contributed by atoms with Crippen LogP contribution in [0.1, 0.15) is 22.9 Å². The van der Waals surface area contributed by atoms with Crippen LogP contribution in [-0.2, 0) is 4.79 Å². The number of carboxylic acid groups (broad SMARTS) is 1. The number of benzene rings is 1. The Morgan fingerprint density at radius 1 is 1.16 bits per heavy atom. The minimum absolute atomic E-state index is 0.785. The molecule has 0 fully saturated rings. The van der Waals surface area contributed by atoms with Gasteiger partial charge in [0, 0.05) is 15.8 Å². The largest absolute Gasteiger partial charge is 0.478 e. The number of hydrogen-bond acceptors (Lipinski definition) is 2. The lowest BCUT2D eigenvalue weighted by Crippen LogP contribution is -1.88. The molecule has 0 unspecified atom stereocenters. The van der Waals surface area contributed by atoms with E-state index >= 15 is 0 Å². The first-order chi connectivity index (χ1) is 8.97. The van der Waals surface area contributed by atoms with Crippen molar-refractivity contribution in [3.8, 4) is 10.4 Å². The van der Waals surface area contributed by atoms with E-state index < -0.39 is 5.97 Å². The van der Waals surface area contributed by atoms with Gasteiger partial charge in [0.1, 0.15) is 0 Å². The average molecular weight is 272 g/mol. The summed E-state index contributed by atoms with van der Waals surface area (Å²) in [6.45, 7) is 6.02. The van der Waals surface area contributed by atoms with Gasteiger partial charge in [-0.2, -0.15) is 0 Å². The molecule has 0 aliphatic heterocycles. The monoisotopic (exact) mass is 272 g/mol. The van der Waals surface area contributed by atoms with Crippen LogP contribution in [-0.4, -0.2) is 11.1 Å². The fraction of sp³-hybridized carbons (Fsp3) is 0.188. The van der Waals surface area contributed by atoms with Crippen LogP contribution < -0.4 is 0 Å². The molecule has 1 aromatic carbocycles. The predicted octanol–water partition coefficient (Wildman–Crippen LogP) is 4.52. The first-order valence-corrected chi connectivity index (χ1v) is 6.88. The number of aryl methyl sites for hydroxylation is 2. The van der Waals surface area contributed by atoms with Gasteiger partial charge in [-0.3, -0.25) is 0 Å². The molecule has 0 aliphatic rings. The van der Waals surface area contributed by atoms with Crippen LogP contribution in [0.15, 0.2) is 36.4 Å². The van der Waals surface area contributed by atoms with Gasteiger partial charge >= 0.3 is 5.97 Å². The van der Waals surface area contributed by atoms with Gasteiger partial charge in [0.05, 0.1) is 0 Å². The third-order valence-electron chi connectivity index (χ3n) is 3.13. The van der Waals surface area contributed by atoms with E-state index in [1.165, 1.54) is 22.8 Å². The van der Waals surface area contributed by atoms with Crippen LogP contribution in [0.2, 0.25) is 0 Å². The molecule has 0 atom stereocenters. The molecule has 1 N–H and O–H groups in total. The highest BCUT2D eigenvalue weighted by molar-refractivity contribution is 7.16. The van der Waals surface area contributed by atoms with Crippen molar-refractivity contribution in [2.24, 2.45) is 0 Å². The second kappa shape index (κ2) is 5.41. The second-order valence-corrected chi connectivity index (χ2v) is 5.71. The van der Waals surface area contributed by atoms with E-state index in [-0.39, 0.29) is 0 Å². The van der Waals surface area contributed by atoms with Gasteiger partial charge in [-0.15, -0.1) is 11.3 Å². The van der Waals surface area contributed by atoms with Gasteiger partial charge in [0.15, 0.2) is 0 Å². The molecule has 0 saturated carbocycles. The number of allylic oxidation sites excluding steroid dienone is 1. The molecule has 2 nitrogen and oxygen atoms in total. The number of thiophene rings is 1. The fourth-order valence-corrected chi connectivity index (χ4v) is 2.83. The van der Waals surface area contributed by atoms with E-state index in [9.17, 15) is 4.79 Å². The second-order valence-electron chi connectivity index (χ2n) is 4.63. The Labute approximate surface area is 117 Å². The fourth-order valence-electron chi connectivity index (χ4n) is 1.86. The standard InChI is InChI=1S/C16H16O2S/c1-10-4-5-13(8-11(10)2)15-7-6-14(19-15)12(3)9-16(17)18/h4-9H,1-3H3,(H,17,18)/b12-9+. The molecular formula is C16H16O2S. The van der Waals surface area contributed by atoms with Crippen LogP contribution in [0.25, 0.3) is 16.0 Å². The molecule has 0 amide bonds. The summed E-state index contributed by atoms with van der Waals surface area (Å²) in [5, 5.41) is 8.76. The lowest BCUT2D eigenvalue weighted by Gasteiger charge is -2.02. The Morgan fingerprint density at radius 3 is 2.53 bits per heavy atom. The molecule has 0 spiro atoms.